The van der Waals surface area contributed by atoms with Crippen molar-refractivity contribution in [2.24, 2.45) is 0 Å². The van der Waals surface area contributed by atoms with Crippen molar-refractivity contribution in [1.82, 2.24) is 25.0 Å². The molecule has 2 saturated heterocycles. The summed E-state index contributed by atoms with van der Waals surface area (Å²) in [5.74, 6) is -0.799. The highest BCUT2D eigenvalue weighted by Gasteiger charge is 2.40. The number of alkyl carbamates (subject to hydrolysis) is 2. The number of rotatable bonds is 16. The van der Waals surface area contributed by atoms with Gasteiger partial charge >= 0.3 is 12.2 Å². The zero-order chi connectivity index (χ0) is 48.4. The Bertz CT molecular complexity index is 2670. The average Bonchev–Trinajstić information content (AvgIpc) is 4.15. The second-order valence-electron chi connectivity index (χ2n) is 17.2. The number of nitrogens with one attached hydrogen (secondary N) is 4. The molecule has 2 aliphatic rings. The molecule has 8 rings (SSSR count). The van der Waals surface area contributed by atoms with Crippen LogP contribution >= 0.6 is 0 Å². The van der Waals surface area contributed by atoms with Gasteiger partial charge in [-0.1, -0.05) is 104 Å². The lowest BCUT2D eigenvalue weighted by Crippen LogP contribution is -2.48. The number of ether oxygens (including phenoxy) is 3. The zero-order valence-electron chi connectivity index (χ0n) is 38.9. The summed E-state index contributed by atoms with van der Waals surface area (Å²) in [6.45, 7) is 3.73. The van der Waals surface area contributed by atoms with E-state index in [0.29, 0.717) is 74.4 Å². The second-order valence-corrected chi connectivity index (χ2v) is 17.2. The molecule has 5 aromatic carbocycles. The summed E-state index contributed by atoms with van der Waals surface area (Å²) in [6.07, 6.45) is 2.43. The molecule has 0 spiro atoms. The molecule has 2 fully saturated rings. The number of para-hydroxylation sites is 1. The Morgan fingerprint density at radius 3 is 1.54 bits per heavy atom. The fourth-order valence-corrected chi connectivity index (χ4v) is 9.30. The number of hydrogen-bond donors (Lipinski definition) is 4. The van der Waals surface area contributed by atoms with Crippen LogP contribution in [0.15, 0.2) is 121 Å². The molecule has 16 heteroatoms. The molecule has 3 heterocycles. The summed E-state index contributed by atoms with van der Waals surface area (Å²) in [4.78, 5) is 84.4. The van der Waals surface area contributed by atoms with E-state index in [9.17, 15) is 28.8 Å². The van der Waals surface area contributed by atoms with E-state index in [0.717, 1.165) is 46.0 Å². The number of aromatic nitrogens is 1. The average molecular weight is 936 g/mol. The van der Waals surface area contributed by atoms with Crippen molar-refractivity contribution in [3.8, 4) is 5.75 Å². The lowest BCUT2D eigenvalue weighted by atomic mass is 10.0. The number of fused-ring (bicyclic) bond motifs is 3. The lowest BCUT2D eigenvalue weighted by molar-refractivity contribution is -0.138. The number of unbranched alkanes of at least 4 members (excludes halogenated alkanes) is 1. The quantitative estimate of drug-likeness (QED) is 0.0696. The third kappa shape index (κ3) is 10.6. The second kappa shape index (κ2) is 21.8. The van der Waals surface area contributed by atoms with Crippen molar-refractivity contribution in [2.75, 3.05) is 44.5 Å². The molecule has 6 amide bonds. The van der Waals surface area contributed by atoms with E-state index in [1.807, 2.05) is 72.8 Å². The van der Waals surface area contributed by atoms with E-state index < -0.39 is 48.2 Å². The highest BCUT2D eigenvalue weighted by molar-refractivity contribution is 6.11. The fraction of sp³-hybridized carbons (Fsp3) is 0.321. The summed E-state index contributed by atoms with van der Waals surface area (Å²) in [5, 5.41) is 13.3. The van der Waals surface area contributed by atoms with Gasteiger partial charge in [-0.25, -0.2) is 9.59 Å². The van der Waals surface area contributed by atoms with Gasteiger partial charge < -0.3 is 49.8 Å². The molecule has 6 aromatic rings. The summed E-state index contributed by atoms with van der Waals surface area (Å²) < 4.78 is 18.1. The van der Waals surface area contributed by atoms with Gasteiger partial charge in [-0.05, 0) is 73.6 Å². The number of likely N-dealkylation sites (tertiary alicyclic amines) is 2. The van der Waals surface area contributed by atoms with Crippen LogP contribution in [0.1, 0.15) is 74.2 Å². The Labute approximate surface area is 400 Å². The third-order valence-electron chi connectivity index (χ3n) is 12.8. The molecule has 4 N–H and O–H groups in total. The number of hydrogen-bond acceptors (Lipinski definition) is 9. The van der Waals surface area contributed by atoms with Gasteiger partial charge in [0.25, 0.3) is 11.8 Å². The van der Waals surface area contributed by atoms with Gasteiger partial charge in [0.1, 0.15) is 29.9 Å². The van der Waals surface area contributed by atoms with Crippen LogP contribution in [0.25, 0.3) is 21.8 Å². The molecular formula is C53H57N7O9. The van der Waals surface area contributed by atoms with Gasteiger partial charge in [-0.2, -0.15) is 0 Å². The first kappa shape index (κ1) is 47.6. The van der Waals surface area contributed by atoms with E-state index in [2.05, 4.69) is 32.8 Å². The van der Waals surface area contributed by atoms with E-state index in [4.69, 9.17) is 14.2 Å². The number of anilines is 2. The standard InChI is InChI=1S/C53H57N7O9/c1-4-5-30-69-45-23-13-12-20-36(45)33-60-43-31-37(54-48(61)41-21-14-28-58(41)50(63)46(56-52(65)67-2)34-16-8-6-9-17-34)24-26-39(43)40-27-25-38(32-44(40)60)55-49(62)42-22-15-29-59(42)51(64)47(57-53(66)68-3)35-18-10-7-11-19-35/h6-13,16-20,23-27,31-32,41-42,46-47H,4-5,14-15,21-22,28-30,33H2,1-3H3,(H,54,61)(H,55,62)(H,56,65)(H,57,66)/t41-,42-,46+,47+/m0/s1. The highest BCUT2D eigenvalue weighted by Crippen LogP contribution is 2.36. The van der Waals surface area contributed by atoms with Crippen molar-refractivity contribution >= 4 is 69.0 Å². The smallest absolute Gasteiger partial charge is 0.407 e. The monoisotopic (exact) mass is 935 g/mol. The maximum Gasteiger partial charge on any atom is 0.407 e. The Balaban J connectivity index is 1.09. The van der Waals surface area contributed by atoms with Crippen LogP contribution in [0.4, 0.5) is 21.0 Å². The fourth-order valence-electron chi connectivity index (χ4n) is 9.30. The molecular weight excluding hydrogens is 879 g/mol. The van der Waals surface area contributed by atoms with E-state index in [1.54, 1.807) is 48.5 Å². The molecule has 4 atom stereocenters. The Kier molecular flexibility index (Phi) is 15.1. The first-order valence-corrected chi connectivity index (χ1v) is 23.4. The van der Waals surface area contributed by atoms with Gasteiger partial charge in [0.2, 0.25) is 11.8 Å². The number of benzene rings is 5. The third-order valence-corrected chi connectivity index (χ3v) is 12.8. The minimum absolute atomic E-state index is 0.338. The van der Waals surface area contributed by atoms with Gasteiger partial charge in [-0.15, -0.1) is 0 Å². The number of amides is 6. The van der Waals surface area contributed by atoms with Crippen LogP contribution in [-0.2, 0) is 35.2 Å². The maximum absolute atomic E-state index is 14.2. The van der Waals surface area contributed by atoms with Crippen LogP contribution in [0, 0.1) is 0 Å². The van der Waals surface area contributed by atoms with Crippen LogP contribution in [0.3, 0.4) is 0 Å². The molecule has 2 aliphatic heterocycles. The first-order chi connectivity index (χ1) is 33.6. The van der Waals surface area contributed by atoms with Crippen molar-refractivity contribution in [3.05, 3.63) is 138 Å². The van der Waals surface area contributed by atoms with E-state index in [-0.39, 0.29) is 11.8 Å². The molecule has 0 aliphatic carbocycles. The van der Waals surface area contributed by atoms with E-state index in [1.165, 1.54) is 24.0 Å². The Morgan fingerprint density at radius 2 is 1.07 bits per heavy atom. The summed E-state index contributed by atoms with van der Waals surface area (Å²) in [7, 11) is 2.46. The molecule has 0 unspecified atom stereocenters. The van der Waals surface area contributed by atoms with Crippen LogP contribution < -0.4 is 26.0 Å². The van der Waals surface area contributed by atoms with Crippen LogP contribution in [-0.4, -0.2) is 96.2 Å². The van der Waals surface area contributed by atoms with Crippen LogP contribution in [0.2, 0.25) is 0 Å². The van der Waals surface area contributed by atoms with Gasteiger partial charge in [0.15, 0.2) is 0 Å². The van der Waals surface area contributed by atoms with Crippen LogP contribution in [0.5, 0.6) is 5.75 Å². The van der Waals surface area contributed by atoms with Crippen molar-refractivity contribution in [2.45, 2.75) is 76.2 Å². The predicted molar refractivity (Wildman–Crippen MR) is 262 cm³/mol. The lowest BCUT2D eigenvalue weighted by Gasteiger charge is -2.28. The maximum atomic E-state index is 14.2. The van der Waals surface area contributed by atoms with Crippen molar-refractivity contribution in [1.29, 1.82) is 0 Å². The molecule has 0 radical (unpaired) electrons. The summed E-state index contributed by atoms with van der Waals surface area (Å²) >= 11 is 0. The summed E-state index contributed by atoms with van der Waals surface area (Å²) in [6, 6.07) is 33.3. The Hall–Kier alpha value is -7.88. The molecule has 69 heavy (non-hydrogen) atoms. The van der Waals surface area contributed by atoms with Crippen molar-refractivity contribution < 1.29 is 43.0 Å². The molecule has 0 saturated carbocycles. The van der Waals surface area contributed by atoms with Gasteiger partial charge in [0.05, 0.1) is 38.4 Å². The number of carbonyl (C=O) groups is 6. The molecule has 1 aromatic heterocycles. The van der Waals surface area contributed by atoms with Crippen molar-refractivity contribution in [3.63, 3.8) is 0 Å². The summed E-state index contributed by atoms with van der Waals surface area (Å²) in [5.41, 5.74) is 4.70. The minimum Gasteiger partial charge on any atom is -0.493 e. The molecule has 16 nitrogen and oxygen atoms in total. The number of nitrogens with zero attached hydrogens (tertiary/aromatic N) is 3. The van der Waals surface area contributed by atoms with E-state index >= 15 is 0 Å². The number of carbonyl (C=O) groups excluding carboxylic acids is 6. The molecule has 0 bridgehead atoms. The SMILES string of the molecule is CCCCOc1ccccc1Cn1c2cc(NC(=O)[C@@H]3CCCN3C(=O)[C@H](NC(=O)OC)c3ccccc3)ccc2c2ccc(NC(=O)[C@@H]3CCCN3C(=O)[C@H](NC(=O)OC)c3ccccc3)cc21. The van der Waals surface area contributed by atoms with Gasteiger partial charge in [0, 0.05) is 40.8 Å². The predicted octanol–water partition coefficient (Wildman–Crippen LogP) is 8.08. The topological polar surface area (TPSA) is 190 Å². The Morgan fingerprint density at radius 1 is 0.609 bits per heavy atom. The zero-order valence-corrected chi connectivity index (χ0v) is 38.9. The highest BCUT2D eigenvalue weighted by atomic mass is 16.5. The first-order valence-electron chi connectivity index (χ1n) is 23.4. The minimum atomic E-state index is -1.05. The largest absolute Gasteiger partial charge is 0.493 e. The normalized spacial score (nSPS) is 16.4. The van der Waals surface area contributed by atoms with Gasteiger partial charge in [-0.3, -0.25) is 19.2 Å². The molecule has 358 valence electrons. The number of methoxy groups -OCH3 is 2.